The number of fused-ring (bicyclic) bond motifs is 1. The van der Waals surface area contributed by atoms with Gasteiger partial charge in [0.25, 0.3) is 0 Å². The molecule has 5 rings (SSSR count). The maximum absolute atomic E-state index is 6.33. The van der Waals surface area contributed by atoms with Crippen molar-refractivity contribution < 1.29 is 4.42 Å². The van der Waals surface area contributed by atoms with E-state index in [0.717, 1.165) is 48.3 Å². The van der Waals surface area contributed by atoms with Gasteiger partial charge in [0.1, 0.15) is 17.8 Å². The summed E-state index contributed by atoms with van der Waals surface area (Å²) in [5, 5.41) is 1.07. The molecule has 4 aromatic rings. The fraction of sp³-hybridized carbons (Fsp3) is 0.273. The zero-order valence-corrected chi connectivity index (χ0v) is 15.6. The third-order valence-corrected chi connectivity index (χ3v) is 6.07. The minimum Gasteiger partial charge on any atom is -0.472 e. The highest BCUT2D eigenvalue weighted by Gasteiger charge is 2.36. The summed E-state index contributed by atoms with van der Waals surface area (Å²) in [6.07, 6.45) is 9.03. The molecule has 0 aliphatic carbocycles. The number of anilines is 1. The zero-order valence-electron chi connectivity index (χ0n) is 15.6. The molecule has 0 saturated carbocycles. The van der Waals surface area contributed by atoms with Crippen LogP contribution in [0.1, 0.15) is 18.4 Å². The van der Waals surface area contributed by atoms with Crippen molar-refractivity contribution in [3.8, 4) is 11.1 Å². The van der Waals surface area contributed by atoms with Crippen molar-refractivity contribution in [1.29, 1.82) is 0 Å². The number of rotatable bonds is 4. The SMILES string of the molecule is NCC1(c2cccc(-c3ccoc3)c2)CCN(c2ncnc3[nH]ccc23)CC1. The van der Waals surface area contributed by atoms with Crippen LogP contribution in [0.4, 0.5) is 5.82 Å². The summed E-state index contributed by atoms with van der Waals surface area (Å²) in [7, 11) is 0. The molecule has 0 unspecified atom stereocenters. The lowest BCUT2D eigenvalue weighted by Crippen LogP contribution is -2.47. The lowest BCUT2D eigenvalue weighted by Gasteiger charge is -2.42. The largest absolute Gasteiger partial charge is 0.472 e. The molecule has 1 saturated heterocycles. The van der Waals surface area contributed by atoms with Crippen molar-refractivity contribution in [2.75, 3.05) is 24.5 Å². The Morgan fingerprint density at radius 3 is 2.79 bits per heavy atom. The van der Waals surface area contributed by atoms with Gasteiger partial charge in [-0.3, -0.25) is 0 Å². The van der Waals surface area contributed by atoms with E-state index in [1.54, 1.807) is 18.9 Å². The number of H-pyrrole nitrogens is 1. The molecule has 28 heavy (non-hydrogen) atoms. The second kappa shape index (κ2) is 6.80. The fourth-order valence-electron chi connectivity index (χ4n) is 4.33. The molecule has 0 bridgehead atoms. The van der Waals surface area contributed by atoms with Gasteiger partial charge >= 0.3 is 0 Å². The molecule has 4 heterocycles. The summed E-state index contributed by atoms with van der Waals surface area (Å²) in [4.78, 5) is 14.4. The highest BCUT2D eigenvalue weighted by Crippen LogP contribution is 2.38. The summed E-state index contributed by atoms with van der Waals surface area (Å²) in [5.74, 6) is 1.00. The quantitative estimate of drug-likeness (QED) is 0.570. The van der Waals surface area contributed by atoms with Crippen LogP contribution >= 0.6 is 0 Å². The number of aromatic amines is 1. The van der Waals surface area contributed by atoms with Gasteiger partial charge in [0.2, 0.25) is 0 Å². The highest BCUT2D eigenvalue weighted by molar-refractivity contribution is 5.87. The van der Waals surface area contributed by atoms with Crippen molar-refractivity contribution in [3.63, 3.8) is 0 Å². The van der Waals surface area contributed by atoms with E-state index in [1.165, 1.54) is 11.1 Å². The summed E-state index contributed by atoms with van der Waals surface area (Å²) < 4.78 is 5.25. The first-order valence-corrected chi connectivity index (χ1v) is 9.65. The number of hydrogen-bond donors (Lipinski definition) is 2. The predicted octanol–water partition coefficient (Wildman–Crippen LogP) is 3.71. The molecule has 6 nitrogen and oxygen atoms in total. The second-order valence-electron chi connectivity index (χ2n) is 7.50. The molecule has 0 radical (unpaired) electrons. The minimum absolute atomic E-state index is 0.0134. The lowest BCUT2D eigenvalue weighted by atomic mass is 9.72. The molecular formula is C22H23N5O. The number of aromatic nitrogens is 3. The van der Waals surface area contributed by atoms with Gasteiger partial charge in [-0.1, -0.05) is 24.3 Å². The van der Waals surface area contributed by atoms with Crippen molar-refractivity contribution >= 4 is 16.9 Å². The molecule has 3 aromatic heterocycles. The Morgan fingerprint density at radius 2 is 2.00 bits per heavy atom. The van der Waals surface area contributed by atoms with E-state index in [0.29, 0.717) is 6.54 Å². The summed E-state index contributed by atoms with van der Waals surface area (Å²) in [5.41, 5.74) is 10.8. The van der Waals surface area contributed by atoms with Crippen LogP contribution in [-0.4, -0.2) is 34.6 Å². The number of nitrogens with zero attached hydrogens (tertiary/aromatic N) is 3. The van der Waals surface area contributed by atoms with Crippen LogP contribution in [0.15, 0.2) is 65.9 Å². The van der Waals surface area contributed by atoms with Crippen LogP contribution in [0, 0.1) is 0 Å². The Balaban J connectivity index is 1.42. The number of nitrogens with two attached hydrogens (primary N) is 1. The normalized spacial score (nSPS) is 16.5. The van der Waals surface area contributed by atoms with E-state index in [9.17, 15) is 0 Å². The Labute approximate surface area is 163 Å². The molecule has 1 aliphatic rings. The van der Waals surface area contributed by atoms with E-state index in [4.69, 9.17) is 10.2 Å². The van der Waals surface area contributed by atoms with Crippen LogP contribution in [-0.2, 0) is 5.41 Å². The van der Waals surface area contributed by atoms with Gasteiger partial charge in [0.15, 0.2) is 0 Å². The number of piperidine rings is 1. The molecule has 3 N–H and O–H groups in total. The van der Waals surface area contributed by atoms with Gasteiger partial charge in [-0.15, -0.1) is 0 Å². The molecule has 6 heteroatoms. The summed E-state index contributed by atoms with van der Waals surface area (Å²) in [6, 6.07) is 12.8. The highest BCUT2D eigenvalue weighted by atomic mass is 16.3. The van der Waals surface area contributed by atoms with Gasteiger partial charge in [-0.2, -0.15) is 0 Å². The summed E-state index contributed by atoms with van der Waals surface area (Å²) >= 11 is 0. The zero-order chi connectivity index (χ0) is 19.0. The molecule has 0 spiro atoms. The van der Waals surface area contributed by atoms with E-state index in [2.05, 4.69) is 44.1 Å². The summed E-state index contributed by atoms with van der Waals surface area (Å²) in [6.45, 7) is 2.48. The third-order valence-electron chi connectivity index (χ3n) is 6.07. The van der Waals surface area contributed by atoms with Crippen LogP contribution in [0.3, 0.4) is 0 Å². The van der Waals surface area contributed by atoms with E-state index in [-0.39, 0.29) is 5.41 Å². The molecule has 1 fully saturated rings. The monoisotopic (exact) mass is 373 g/mol. The van der Waals surface area contributed by atoms with Gasteiger partial charge in [-0.25, -0.2) is 9.97 Å². The van der Waals surface area contributed by atoms with Gasteiger partial charge in [0, 0.05) is 36.8 Å². The molecule has 0 amide bonds. The average Bonchev–Trinajstić information content (AvgIpc) is 3.46. The number of hydrogen-bond acceptors (Lipinski definition) is 5. The Bertz CT molecular complexity index is 1080. The third kappa shape index (κ3) is 2.77. The topological polar surface area (TPSA) is 84.0 Å². The van der Waals surface area contributed by atoms with Crippen LogP contribution < -0.4 is 10.6 Å². The number of nitrogens with one attached hydrogen (secondary N) is 1. The molecular weight excluding hydrogens is 350 g/mol. The maximum Gasteiger partial charge on any atom is 0.142 e. The van der Waals surface area contributed by atoms with E-state index < -0.39 is 0 Å². The van der Waals surface area contributed by atoms with E-state index >= 15 is 0 Å². The second-order valence-corrected chi connectivity index (χ2v) is 7.50. The fourth-order valence-corrected chi connectivity index (χ4v) is 4.33. The molecule has 1 aromatic carbocycles. The maximum atomic E-state index is 6.33. The standard InChI is InChI=1S/C22H23N5O/c23-14-22(18-3-1-2-16(12-18)17-5-11-28-13-17)6-9-27(10-7-22)21-19-4-8-24-20(19)25-15-26-21/h1-5,8,11-13,15H,6-7,9-10,14,23H2,(H,24,25,26). The van der Waals surface area contributed by atoms with Crippen molar-refractivity contribution in [2.24, 2.45) is 5.73 Å². The minimum atomic E-state index is -0.0134. The average molecular weight is 373 g/mol. The van der Waals surface area contributed by atoms with Crippen LogP contribution in [0.25, 0.3) is 22.2 Å². The molecule has 0 atom stereocenters. The van der Waals surface area contributed by atoms with E-state index in [1.807, 2.05) is 18.3 Å². The van der Waals surface area contributed by atoms with Crippen molar-refractivity contribution in [1.82, 2.24) is 15.0 Å². The smallest absolute Gasteiger partial charge is 0.142 e. The van der Waals surface area contributed by atoms with Crippen LogP contribution in [0.5, 0.6) is 0 Å². The Kier molecular flexibility index (Phi) is 4.13. The van der Waals surface area contributed by atoms with Gasteiger partial charge in [-0.05, 0) is 36.1 Å². The van der Waals surface area contributed by atoms with Gasteiger partial charge in [0.05, 0.1) is 17.9 Å². The van der Waals surface area contributed by atoms with Crippen molar-refractivity contribution in [3.05, 3.63) is 67.0 Å². The first-order valence-electron chi connectivity index (χ1n) is 9.65. The Morgan fingerprint density at radius 1 is 1.11 bits per heavy atom. The lowest BCUT2D eigenvalue weighted by molar-refractivity contribution is 0.339. The molecule has 142 valence electrons. The van der Waals surface area contributed by atoms with Crippen LogP contribution in [0.2, 0.25) is 0 Å². The van der Waals surface area contributed by atoms with Crippen molar-refractivity contribution in [2.45, 2.75) is 18.3 Å². The first-order chi connectivity index (χ1) is 13.8. The predicted molar refractivity (Wildman–Crippen MR) is 110 cm³/mol. The number of benzene rings is 1. The Hall–Kier alpha value is -3.12. The number of furan rings is 1. The first kappa shape index (κ1) is 17.0. The van der Waals surface area contributed by atoms with Gasteiger partial charge < -0.3 is 20.0 Å². The molecule has 1 aliphatic heterocycles.